The van der Waals surface area contributed by atoms with Gasteiger partial charge in [0.25, 0.3) is 5.91 Å². The molecule has 25 heavy (non-hydrogen) atoms. The van der Waals surface area contributed by atoms with E-state index >= 15 is 0 Å². The smallest absolute Gasteiger partial charge is 0.271 e. The highest BCUT2D eigenvalue weighted by atomic mass is 16.5. The summed E-state index contributed by atoms with van der Waals surface area (Å²) in [7, 11) is 4.70. The van der Waals surface area contributed by atoms with E-state index in [1.165, 1.54) is 14.2 Å². The fourth-order valence-electron chi connectivity index (χ4n) is 2.23. The van der Waals surface area contributed by atoms with Crippen LogP contribution in [0.1, 0.15) is 22.8 Å². The van der Waals surface area contributed by atoms with E-state index < -0.39 is 0 Å². The van der Waals surface area contributed by atoms with Crippen LogP contribution in [0.3, 0.4) is 0 Å². The molecular weight excluding hydrogens is 320 g/mol. The van der Waals surface area contributed by atoms with Crippen LogP contribution in [0.2, 0.25) is 0 Å². The van der Waals surface area contributed by atoms with Gasteiger partial charge in [0.15, 0.2) is 0 Å². The van der Waals surface area contributed by atoms with Crippen LogP contribution in [0.4, 0.5) is 0 Å². The Hall–Kier alpha value is -3.02. The number of amides is 1. The molecule has 0 fully saturated rings. The minimum atomic E-state index is -0.328. The maximum absolute atomic E-state index is 12.3. The van der Waals surface area contributed by atoms with Crippen molar-refractivity contribution >= 4 is 11.6 Å². The highest BCUT2D eigenvalue weighted by Gasteiger charge is 2.09. The van der Waals surface area contributed by atoms with Crippen molar-refractivity contribution in [3.63, 3.8) is 0 Å². The molecule has 0 saturated carbocycles. The Labute approximate surface area is 147 Å². The van der Waals surface area contributed by atoms with E-state index in [4.69, 9.17) is 14.2 Å². The van der Waals surface area contributed by atoms with Gasteiger partial charge in [-0.25, -0.2) is 5.43 Å². The van der Waals surface area contributed by atoms with Gasteiger partial charge in [0, 0.05) is 23.8 Å². The van der Waals surface area contributed by atoms with Crippen LogP contribution in [0.15, 0.2) is 47.6 Å². The van der Waals surface area contributed by atoms with Gasteiger partial charge in [-0.1, -0.05) is 12.1 Å². The Balaban J connectivity index is 2.03. The van der Waals surface area contributed by atoms with Crippen LogP contribution in [0.25, 0.3) is 0 Å². The first kappa shape index (κ1) is 18.3. The van der Waals surface area contributed by atoms with E-state index in [-0.39, 0.29) is 5.91 Å². The molecule has 6 nitrogen and oxygen atoms in total. The molecule has 0 spiro atoms. The van der Waals surface area contributed by atoms with E-state index in [0.29, 0.717) is 23.5 Å². The molecule has 0 aliphatic heterocycles. The number of benzene rings is 2. The van der Waals surface area contributed by atoms with E-state index in [9.17, 15) is 4.79 Å². The van der Waals surface area contributed by atoms with Crippen molar-refractivity contribution in [3.8, 4) is 17.2 Å². The average Bonchev–Trinajstić information content (AvgIpc) is 2.66. The standard InChI is InChI=1S/C19H22N2O4/c1-13(9-14-5-7-16(23-2)8-6-14)20-21-19(22)15-10-17(24-3)12-18(11-15)25-4/h5-8,10-12H,9H2,1-4H3,(H,21,22)/b20-13-. The Morgan fingerprint density at radius 2 is 1.48 bits per heavy atom. The summed E-state index contributed by atoms with van der Waals surface area (Å²) in [6, 6.07) is 12.7. The van der Waals surface area contributed by atoms with Gasteiger partial charge < -0.3 is 14.2 Å². The summed E-state index contributed by atoms with van der Waals surface area (Å²) < 4.78 is 15.5. The SMILES string of the molecule is COc1ccc(C/C(C)=N\NC(=O)c2cc(OC)cc(OC)c2)cc1. The Bertz CT molecular complexity index is 732. The molecule has 0 aromatic heterocycles. The second-order valence-corrected chi connectivity index (χ2v) is 5.41. The van der Waals surface area contributed by atoms with Crippen molar-refractivity contribution in [2.24, 2.45) is 5.10 Å². The van der Waals surface area contributed by atoms with Crippen molar-refractivity contribution < 1.29 is 19.0 Å². The molecular formula is C19H22N2O4. The predicted octanol–water partition coefficient (Wildman–Crippen LogP) is 3.06. The van der Waals surface area contributed by atoms with E-state index in [1.54, 1.807) is 25.3 Å². The number of rotatable bonds is 7. The predicted molar refractivity (Wildman–Crippen MR) is 96.8 cm³/mol. The van der Waals surface area contributed by atoms with Crippen molar-refractivity contribution in [1.82, 2.24) is 5.43 Å². The summed E-state index contributed by atoms with van der Waals surface area (Å²) >= 11 is 0. The van der Waals surface area contributed by atoms with Gasteiger partial charge in [0.05, 0.1) is 21.3 Å². The fourth-order valence-corrected chi connectivity index (χ4v) is 2.23. The van der Waals surface area contributed by atoms with Crippen LogP contribution in [-0.4, -0.2) is 32.9 Å². The monoisotopic (exact) mass is 342 g/mol. The number of ether oxygens (including phenoxy) is 3. The molecule has 0 bridgehead atoms. The van der Waals surface area contributed by atoms with Crippen molar-refractivity contribution in [2.45, 2.75) is 13.3 Å². The molecule has 0 unspecified atom stereocenters. The van der Waals surface area contributed by atoms with Crippen LogP contribution >= 0.6 is 0 Å². The van der Waals surface area contributed by atoms with E-state index in [2.05, 4.69) is 10.5 Å². The summed E-state index contributed by atoms with van der Waals surface area (Å²) in [6.45, 7) is 1.86. The summed E-state index contributed by atoms with van der Waals surface area (Å²) in [6.07, 6.45) is 0.631. The molecule has 0 radical (unpaired) electrons. The van der Waals surface area contributed by atoms with Gasteiger partial charge in [0.2, 0.25) is 0 Å². The third-order valence-electron chi connectivity index (χ3n) is 3.58. The average molecular weight is 342 g/mol. The molecule has 0 aliphatic carbocycles. The van der Waals surface area contributed by atoms with Gasteiger partial charge in [-0.2, -0.15) is 5.10 Å². The zero-order valence-electron chi connectivity index (χ0n) is 14.8. The number of methoxy groups -OCH3 is 3. The molecule has 0 aliphatic rings. The van der Waals surface area contributed by atoms with Gasteiger partial charge in [-0.15, -0.1) is 0 Å². The zero-order valence-corrected chi connectivity index (χ0v) is 14.8. The minimum Gasteiger partial charge on any atom is -0.497 e. The second-order valence-electron chi connectivity index (χ2n) is 5.41. The van der Waals surface area contributed by atoms with Crippen molar-refractivity contribution in [3.05, 3.63) is 53.6 Å². The van der Waals surface area contributed by atoms with Gasteiger partial charge >= 0.3 is 0 Å². The Morgan fingerprint density at radius 3 is 2.00 bits per heavy atom. The summed E-state index contributed by atoms with van der Waals surface area (Å²) in [4.78, 5) is 12.3. The minimum absolute atomic E-state index is 0.328. The molecule has 0 heterocycles. The lowest BCUT2D eigenvalue weighted by Crippen LogP contribution is -2.19. The van der Waals surface area contributed by atoms with E-state index in [0.717, 1.165) is 17.0 Å². The molecule has 6 heteroatoms. The fraction of sp³-hybridized carbons (Fsp3) is 0.263. The molecule has 2 aromatic carbocycles. The number of nitrogens with zero attached hydrogens (tertiary/aromatic N) is 1. The third kappa shape index (κ3) is 5.24. The lowest BCUT2D eigenvalue weighted by molar-refractivity contribution is 0.0954. The number of hydrazone groups is 1. The normalized spacial score (nSPS) is 11.0. The number of nitrogens with one attached hydrogen (secondary N) is 1. The quantitative estimate of drug-likeness (QED) is 0.620. The molecule has 1 N–H and O–H groups in total. The van der Waals surface area contributed by atoms with Gasteiger partial charge in [-0.3, -0.25) is 4.79 Å². The highest BCUT2D eigenvalue weighted by Crippen LogP contribution is 2.22. The molecule has 1 amide bonds. The van der Waals surface area contributed by atoms with Crippen molar-refractivity contribution in [2.75, 3.05) is 21.3 Å². The summed E-state index contributed by atoms with van der Waals surface area (Å²) in [5.41, 5.74) is 4.84. The van der Waals surface area contributed by atoms with Crippen LogP contribution in [0.5, 0.6) is 17.2 Å². The number of hydrogen-bond donors (Lipinski definition) is 1. The number of hydrogen-bond acceptors (Lipinski definition) is 5. The topological polar surface area (TPSA) is 69.2 Å². The highest BCUT2D eigenvalue weighted by molar-refractivity contribution is 5.96. The summed E-state index contributed by atoms with van der Waals surface area (Å²) in [5, 5.41) is 4.15. The molecule has 0 atom stereocenters. The van der Waals surface area contributed by atoms with E-state index in [1.807, 2.05) is 31.2 Å². The Kier molecular flexibility index (Phi) is 6.39. The maximum Gasteiger partial charge on any atom is 0.271 e. The first-order valence-corrected chi connectivity index (χ1v) is 7.75. The molecule has 2 aromatic rings. The largest absolute Gasteiger partial charge is 0.497 e. The summed E-state index contributed by atoms with van der Waals surface area (Å²) in [5.74, 6) is 1.57. The number of carbonyl (C=O) groups is 1. The van der Waals surface area contributed by atoms with Gasteiger partial charge in [-0.05, 0) is 36.8 Å². The Morgan fingerprint density at radius 1 is 0.920 bits per heavy atom. The number of carbonyl (C=O) groups excluding carboxylic acids is 1. The second kappa shape index (κ2) is 8.73. The lowest BCUT2D eigenvalue weighted by Gasteiger charge is -2.08. The maximum atomic E-state index is 12.3. The van der Waals surface area contributed by atoms with Crippen LogP contribution in [0, 0.1) is 0 Å². The van der Waals surface area contributed by atoms with Crippen LogP contribution < -0.4 is 19.6 Å². The first-order valence-electron chi connectivity index (χ1n) is 7.75. The van der Waals surface area contributed by atoms with Gasteiger partial charge in [0.1, 0.15) is 17.2 Å². The lowest BCUT2D eigenvalue weighted by atomic mass is 10.1. The van der Waals surface area contributed by atoms with Crippen LogP contribution in [-0.2, 0) is 6.42 Å². The molecule has 132 valence electrons. The zero-order chi connectivity index (χ0) is 18.2. The first-order chi connectivity index (χ1) is 12.0. The molecule has 0 saturated heterocycles. The van der Waals surface area contributed by atoms with Crippen molar-refractivity contribution in [1.29, 1.82) is 0 Å². The third-order valence-corrected chi connectivity index (χ3v) is 3.58. The molecule has 2 rings (SSSR count).